The molecule has 2 heterocycles. The number of thioether (sulfide) groups is 1. The van der Waals surface area contributed by atoms with Crippen LogP contribution in [-0.2, 0) is 0 Å². The van der Waals surface area contributed by atoms with Crippen LogP contribution in [0.3, 0.4) is 0 Å². The lowest BCUT2D eigenvalue weighted by Gasteiger charge is -2.09. The number of anilines is 1. The van der Waals surface area contributed by atoms with Gasteiger partial charge in [-0.2, -0.15) is 5.10 Å². The summed E-state index contributed by atoms with van der Waals surface area (Å²) in [6, 6.07) is 20.8. The van der Waals surface area contributed by atoms with Crippen LogP contribution in [0.25, 0.3) is 16.3 Å². The summed E-state index contributed by atoms with van der Waals surface area (Å²) in [6.07, 6.45) is 1.75. The number of amides is 2. The van der Waals surface area contributed by atoms with Crippen LogP contribution in [0, 0.1) is 0 Å². The van der Waals surface area contributed by atoms with E-state index in [9.17, 15) is 9.59 Å². The summed E-state index contributed by atoms with van der Waals surface area (Å²) in [5.41, 5.74) is 2.66. The van der Waals surface area contributed by atoms with Crippen molar-refractivity contribution in [3.8, 4) is 16.3 Å². The lowest BCUT2D eigenvalue weighted by Crippen LogP contribution is -2.16. The number of thiophene rings is 1. The molecule has 0 fully saturated rings. The lowest BCUT2D eigenvalue weighted by molar-refractivity contribution is 0.102. The molecule has 4 rings (SSSR count). The second kappa shape index (κ2) is 9.20. The van der Waals surface area contributed by atoms with Crippen LogP contribution < -0.4 is 5.32 Å². The van der Waals surface area contributed by atoms with Gasteiger partial charge >= 0.3 is 0 Å². The highest BCUT2D eigenvalue weighted by atomic mass is 32.2. The Labute approximate surface area is 188 Å². The highest BCUT2D eigenvalue weighted by Gasteiger charge is 2.19. The molecule has 0 aliphatic carbocycles. The Morgan fingerprint density at radius 1 is 1.00 bits per heavy atom. The molecule has 4 aromatic rings. The molecule has 0 atom stereocenters. The van der Waals surface area contributed by atoms with Crippen molar-refractivity contribution in [1.82, 2.24) is 14.7 Å². The van der Waals surface area contributed by atoms with Gasteiger partial charge in [0.05, 0.1) is 16.1 Å². The Morgan fingerprint density at radius 3 is 2.39 bits per heavy atom. The van der Waals surface area contributed by atoms with Crippen molar-refractivity contribution in [3.63, 3.8) is 0 Å². The number of carbonyl (C=O) groups excluding carboxylic acids is 2. The van der Waals surface area contributed by atoms with Crippen molar-refractivity contribution in [3.05, 3.63) is 83.9 Å². The molecule has 156 valence electrons. The van der Waals surface area contributed by atoms with E-state index in [1.54, 1.807) is 37.1 Å². The Morgan fingerprint density at radius 2 is 1.74 bits per heavy atom. The molecule has 1 N–H and O–H groups in total. The molecule has 0 aliphatic rings. The Bertz CT molecular complexity index is 1180. The molecule has 31 heavy (non-hydrogen) atoms. The molecule has 0 aliphatic heterocycles. The first kappa shape index (κ1) is 20.9. The van der Waals surface area contributed by atoms with Crippen molar-refractivity contribution >= 4 is 39.9 Å². The van der Waals surface area contributed by atoms with Gasteiger partial charge in [0.15, 0.2) is 0 Å². The van der Waals surface area contributed by atoms with Gasteiger partial charge in [-0.1, -0.05) is 24.3 Å². The van der Waals surface area contributed by atoms with Gasteiger partial charge in [0.25, 0.3) is 11.1 Å². The Balaban J connectivity index is 1.58. The van der Waals surface area contributed by atoms with Gasteiger partial charge in [-0.15, -0.1) is 11.3 Å². The highest BCUT2D eigenvalue weighted by molar-refractivity contribution is 8.13. The van der Waals surface area contributed by atoms with Crippen LogP contribution in [0.4, 0.5) is 10.5 Å². The van der Waals surface area contributed by atoms with E-state index < -0.39 is 0 Å². The van der Waals surface area contributed by atoms with E-state index in [1.165, 1.54) is 16.2 Å². The fourth-order valence-corrected chi connectivity index (χ4v) is 4.22. The SMILES string of the molecule is CN(C)C(=O)Sc1ccc(NC(=O)c2cn(-c3ccccc3)nc2-c2cccs2)cc1. The standard InChI is InChI=1S/C23H20N4O2S2/c1-26(2)23(29)31-18-12-10-16(11-13-18)24-22(28)19-15-27(17-7-4-3-5-8-17)25-21(19)20-9-6-14-30-20/h3-15H,1-2H3,(H,24,28). The fraction of sp³-hybridized carbons (Fsp3) is 0.0870. The predicted molar refractivity (Wildman–Crippen MR) is 126 cm³/mol. The maximum Gasteiger partial charge on any atom is 0.285 e. The number of rotatable bonds is 5. The molecule has 2 aromatic heterocycles. The molecule has 2 amide bonds. The van der Waals surface area contributed by atoms with Crippen LogP contribution in [0.5, 0.6) is 0 Å². The lowest BCUT2D eigenvalue weighted by atomic mass is 10.2. The maximum absolute atomic E-state index is 13.1. The third-order valence-electron chi connectivity index (χ3n) is 4.42. The van der Waals surface area contributed by atoms with Gasteiger partial charge in [-0.05, 0) is 59.6 Å². The van der Waals surface area contributed by atoms with E-state index in [4.69, 9.17) is 0 Å². The van der Waals surface area contributed by atoms with Gasteiger partial charge in [0, 0.05) is 30.9 Å². The summed E-state index contributed by atoms with van der Waals surface area (Å²) >= 11 is 2.68. The topological polar surface area (TPSA) is 67.2 Å². The number of benzene rings is 2. The molecule has 0 saturated heterocycles. The van der Waals surface area contributed by atoms with E-state index in [0.29, 0.717) is 16.9 Å². The zero-order valence-electron chi connectivity index (χ0n) is 17.0. The molecule has 0 unspecified atom stereocenters. The predicted octanol–water partition coefficient (Wildman–Crippen LogP) is 5.63. The number of carbonyl (C=O) groups is 2. The zero-order valence-corrected chi connectivity index (χ0v) is 18.6. The molecule has 0 bridgehead atoms. The number of para-hydroxylation sites is 1. The largest absolute Gasteiger partial charge is 0.339 e. The molecule has 6 nitrogen and oxygen atoms in total. The average Bonchev–Trinajstić information content (AvgIpc) is 3.45. The molecular weight excluding hydrogens is 428 g/mol. The van der Waals surface area contributed by atoms with Gasteiger partial charge in [0.2, 0.25) is 0 Å². The van der Waals surface area contributed by atoms with E-state index in [0.717, 1.165) is 27.2 Å². The minimum Gasteiger partial charge on any atom is -0.339 e. The van der Waals surface area contributed by atoms with Crippen molar-refractivity contribution in [1.29, 1.82) is 0 Å². The zero-order chi connectivity index (χ0) is 21.8. The van der Waals surface area contributed by atoms with E-state index >= 15 is 0 Å². The number of nitrogens with zero attached hydrogens (tertiary/aromatic N) is 3. The van der Waals surface area contributed by atoms with Crippen molar-refractivity contribution in [2.75, 3.05) is 19.4 Å². The first-order chi connectivity index (χ1) is 15.0. The van der Waals surface area contributed by atoms with Crippen LogP contribution in [0.2, 0.25) is 0 Å². The highest BCUT2D eigenvalue weighted by Crippen LogP contribution is 2.29. The molecule has 0 spiro atoms. The van der Waals surface area contributed by atoms with Crippen LogP contribution in [-0.4, -0.2) is 39.9 Å². The Kier molecular flexibility index (Phi) is 6.20. The summed E-state index contributed by atoms with van der Waals surface area (Å²) in [6.45, 7) is 0. The summed E-state index contributed by atoms with van der Waals surface area (Å²) in [5.74, 6) is -0.240. The number of nitrogens with one attached hydrogen (secondary N) is 1. The van der Waals surface area contributed by atoms with Gasteiger partial charge in [0.1, 0.15) is 5.69 Å². The first-order valence-electron chi connectivity index (χ1n) is 9.51. The van der Waals surface area contributed by atoms with Crippen molar-refractivity contribution < 1.29 is 9.59 Å². The van der Waals surface area contributed by atoms with Crippen LogP contribution in [0.1, 0.15) is 10.4 Å². The number of hydrogen-bond acceptors (Lipinski definition) is 5. The minimum absolute atomic E-state index is 0.0503. The van der Waals surface area contributed by atoms with Gasteiger partial charge in [-0.25, -0.2) is 4.68 Å². The molecule has 8 heteroatoms. The van der Waals surface area contributed by atoms with Crippen LogP contribution >= 0.6 is 23.1 Å². The van der Waals surface area contributed by atoms with E-state index in [2.05, 4.69) is 10.4 Å². The maximum atomic E-state index is 13.1. The third kappa shape index (κ3) is 4.87. The first-order valence-corrected chi connectivity index (χ1v) is 11.2. The summed E-state index contributed by atoms with van der Waals surface area (Å²) in [7, 11) is 3.43. The smallest absolute Gasteiger partial charge is 0.285 e. The molecule has 2 aromatic carbocycles. The number of hydrogen-bond donors (Lipinski definition) is 1. The molecule has 0 saturated carbocycles. The fourth-order valence-electron chi connectivity index (χ4n) is 2.85. The van der Waals surface area contributed by atoms with Gasteiger partial charge < -0.3 is 10.2 Å². The minimum atomic E-state index is -0.240. The van der Waals surface area contributed by atoms with Crippen molar-refractivity contribution in [2.45, 2.75) is 4.90 Å². The number of aromatic nitrogens is 2. The summed E-state index contributed by atoms with van der Waals surface area (Å²) in [4.78, 5) is 28.2. The molecular formula is C23H20N4O2S2. The van der Waals surface area contributed by atoms with Gasteiger partial charge in [-0.3, -0.25) is 9.59 Å². The summed E-state index contributed by atoms with van der Waals surface area (Å²) in [5, 5.41) is 9.52. The monoisotopic (exact) mass is 448 g/mol. The van der Waals surface area contributed by atoms with E-state index in [1.807, 2.05) is 60.0 Å². The van der Waals surface area contributed by atoms with Crippen molar-refractivity contribution in [2.24, 2.45) is 0 Å². The average molecular weight is 449 g/mol. The Hall–Kier alpha value is -3.36. The third-order valence-corrected chi connectivity index (χ3v) is 6.34. The van der Waals surface area contributed by atoms with E-state index in [-0.39, 0.29) is 11.1 Å². The van der Waals surface area contributed by atoms with Crippen LogP contribution in [0.15, 0.2) is 83.2 Å². The normalized spacial score (nSPS) is 10.6. The molecule has 0 radical (unpaired) electrons. The summed E-state index contributed by atoms with van der Waals surface area (Å²) < 4.78 is 1.72. The second-order valence-electron chi connectivity index (χ2n) is 6.89. The second-order valence-corrected chi connectivity index (χ2v) is 8.86. The quantitative estimate of drug-likeness (QED) is 0.402.